The Balaban J connectivity index is 2.06. The second kappa shape index (κ2) is 5.84. The summed E-state index contributed by atoms with van der Waals surface area (Å²) >= 11 is 0. The lowest BCUT2D eigenvalue weighted by atomic mass is 9.69. The number of nitrogens with zero attached hydrogens (tertiary/aromatic N) is 1. The fourth-order valence-electron chi connectivity index (χ4n) is 2.33. The summed E-state index contributed by atoms with van der Waals surface area (Å²) in [6.07, 6.45) is 1.77. The lowest BCUT2D eigenvalue weighted by Gasteiger charge is -2.37. The molecule has 2 N–H and O–H groups in total. The van der Waals surface area contributed by atoms with Crippen LogP contribution in [0.1, 0.15) is 30.4 Å². The topological polar surface area (TPSA) is 107 Å². The minimum absolute atomic E-state index is 0.0978. The van der Waals surface area contributed by atoms with E-state index in [0.29, 0.717) is 24.0 Å². The summed E-state index contributed by atoms with van der Waals surface area (Å²) in [5, 5.41) is 18.1. The number of hydrogen-bond donors (Lipinski definition) is 2. The lowest BCUT2D eigenvalue weighted by Crippen LogP contribution is -2.47. The molecule has 6 nitrogen and oxygen atoms in total. The summed E-state index contributed by atoms with van der Waals surface area (Å²) in [6, 6.07) is 8.40. The van der Waals surface area contributed by atoms with E-state index in [-0.39, 0.29) is 12.3 Å². The molecule has 112 valence electrons. The van der Waals surface area contributed by atoms with E-state index in [1.54, 1.807) is 24.3 Å². The number of carboxylic acids is 1. The molecule has 0 amide bonds. The van der Waals surface area contributed by atoms with Crippen molar-refractivity contribution in [3.05, 3.63) is 35.4 Å². The van der Waals surface area contributed by atoms with Crippen LogP contribution in [0, 0.1) is 16.7 Å². The molecule has 0 aromatic heterocycles. The van der Waals surface area contributed by atoms with Crippen LogP contribution in [0.15, 0.2) is 24.3 Å². The summed E-state index contributed by atoms with van der Waals surface area (Å²) in [5.41, 5.74) is -0.258. The maximum Gasteiger partial charge on any atom is 0.310 e. The van der Waals surface area contributed by atoms with Crippen molar-refractivity contribution in [1.29, 1.82) is 5.26 Å². The highest BCUT2D eigenvalue weighted by Gasteiger charge is 2.44. The third kappa shape index (κ3) is 3.40. The lowest BCUT2D eigenvalue weighted by molar-refractivity contribution is -0.153. The van der Waals surface area contributed by atoms with E-state index in [9.17, 15) is 18.3 Å². The van der Waals surface area contributed by atoms with Crippen LogP contribution in [-0.2, 0) is 20.6 Å². The Labute approximate surface area is 123 Å². The third-order valence-electron chi connectivity index (χ3n) is 3.88. The summed E-state index contributed by atoms with van der Waals surface area (Å²) in [6.45, 7) is -0.0978. The van der Waals surface area contributed by atoms with Gasteiger partial charge in [0.25, 0.3) is 0 Å². The highest BCUT2D eigenvalue weighted by molar-refractivity contribution is 7.88. The first kappa shape index (κ1) is 15.5. The van der Waals surface area contributed by atoms with Gasteiger partial charge < -0.3 is 5.11 Å². The van der Waals surface area contributed by atoms with E-state index < -0.39 is 21.4 Å². The number of carboxylic acid groups (broad SMARTS) is 1. The van der Waals surface area contributed by atoms with Crippen molar-refractivity contribution in [3.8, 4) is 6.07 Å². The minimum atomic E-state index is -3.67. The summed E-state index contributed by atoms with van der Waals surface area (Å²) in [7, 11) is -3.67. The molecule has 1 aliphatic carbocycles. The van der Waals surface area contributed by atoms with Gasteiger partial charge in [-0.15, -0.1) is 0 Å². The molecule has 0 spiro atoms. The standard InChI is InChI=1S/C14H16N2O4S/c15-8-11-4-1-2-5-12(11)9-21(19,20)16-10-14(13(17)18)6-3-7-14/h1-2,4-5,16H,3,6-7,9-10H2,(H,17,18). The molecule has 1 aromatic carbocycles. The van der Waals surface area contributed by atoms with Crippen LogP contribution in [0.3, 0.4) is 0 Å². The average Bonchev–Trinajstić information content (AvgIpc) is 2.37. The number of aliphatic carboxylic acids is 1. The van der Waals surface area contributed by atoms with E-state index in [1.807, 2.05) is 6.07 Å². The van der Waals surface area contributed by atoms with Crippen LogP contribution in [0.2, 0.25) is 0 Å². The number of carbonyl (C=O) groups is 1. The predicted octanol–water partition coefficient (Wildman–Crippen LogP) is 1.23. The monoisotopic (exact) mass is 308 g/mol. The maximum atomic E-state index is 12.1. The molecule has 0 aliphatic heterocycles. The van der Waals surface area contributed by atoms with Crippen LogP contribution in [0.4, 0.5) is 0 Å². The van der Waals surface area contributed by atoms with Gasteiger partial charge in [-0.1, -0.05) is 24.6 Å². The van der Waals surface area contributed by atoms with Crippen LogP contribution in [-0.4, -0.2) is 26.0 Å². The quantitative estimate of drug-likeness (QED) is 0.822. The molecule has 1 saturated carbocycles. The van der Waals surface area contributed by atoms with Crippen LogP contribution >= 0.6 is 0 Å². The van der Waals surface area contributed by atoms with Crippen molar-refractivity contribution in [2.24, 2.45) is 5.41 Å². The van der Waals surface area contributed by atoms with Crippen molar-refractivity contribution >= 4 is 16.0 Å². The van der Waals surface area contributed by atoms with E-state index in [2.05, 4.69) is 4.72 Å². The van der Waals surface area contributed by atoms with Crippen LogP contribution < -0.4 is 4.72 Å². The number of sulfonamides is 1. The number of hydrogen-bond acceptors (Lipinski definition) is 4. The van der Waals surface area contributed by atoms with Crippen LogP contribution in [0.25, 0.3) is 0 Å². The van der Waals surface area contributed by atoms with Gasteiger partial charge in [0.15, 0.2) is 0 Å². The number of nitrogens with one attached hydrogen (secondary N) is 1. The highest BCUT2D eigenvalue weighted by Crippen LogP contribution is 2.40. The van der Waals surface area contributed by atoms with Gasteiger partial charge in [0.1, 0.15) is 0 Å². The predicted molar refractivity (Wildman–Crippen MR) is 75.7 cm³/mol. The second-order valence-electron chi connectivity index (χ2n) is 5.29. The van der Waals surface area contributed by atoms with Gasteiger partial charge in [0.2, 0.25) is 10.0 Å². The van der Waals surface area contributed by atoms with E-state index >= 15 is 0 Å². The number of nitriles is 1. The first-order chi connectivity index (χ1) is 9.88. The number of benzene rings is 1. The van der Waals surface area contributed by atoms with E-state index in [1.165, 1.54) is 0 Å². The third-order valence-corrected chi connectivity index (χ3v) is 5.15. The first-order valence-electron chi connectivity index (χ1n) is 6.57. The summed E-state index contributed by atoms with van der Waals surface area (Å²) in [4.78, 5) is 11.2. The molecular formula is C14H16N2O4S. The smallest absolute Gasteiger partial charge is 0.310 e. The van der Waals surface area contributed by atoms with Gasteiger partial charge in [-0.2, -0.15) is 5.26 Å². The highest BCUT2D eigenvalue weighted by atomic mass is 32.2. The molecule has 1 aromatic rings. The van der Waals surface area contributed by atoms with Gasteiger partial charge in [-0.25, -0.2) is 13.1 Å². The zero-order valence-corrected chi connectivity index (χ0v) is 12.2. The van der Waals surface area contributed by atoms with Gasteiger partial charge in [0.05, 0.1) is 22.8 Å². The molecule has 1 aliphatic rings. The molecule has 2 rings (SSSR count). The fraction of sp³-hybridized carbons (Fsp3) is 0.429. The Bertz CT molecular complexity index is 687. The Hall–Kier alpha value is -1.91. The molecule has 0 heterocycles. The van der Waals surface area contributed by atoms with E-state index in [0.717, 1.165) is 6.42 Å². The first-order valence-corrected chi connectivity index (χ1v) is 8.22. The number of rotatable bonds is 6. The van der Waals surface area contributed by atoms with Crippen molar-refractivity contribution < 1.29 is 18.3 Å². The van der Waals surface area contributed by atoms with Crippen molar-refractivity contribution in [2.45, 2.75) is 25.0 Å². The second-order valence-corrected chi connectivity index (χ2v) is 7.10. The molecule has 0 bridgehead atoms. The molecule has 0 radical (unpaired) electrons. The Kier molecular flexibility index (Phi) is 4.30. The molecule has 0 atom stereocenters. The minimum Gasteiger partial charge on any atom is -0.481 e. The Morgan fingerprint density at radius 2 is 2.05 bits per heavy atom. The average molecular weight is 308 g/mol. The van der Waals surface area contributed by atoms with Crippen LogP contribution in [0.5, 0.6) is 0 Å². The van der Waals surface area contributed by atoms with Crippen molar-refractivity contribution in [3.63, 3.8) is 0 Å². The summed E-state index contributed by atoms with van der Waals surface area (Å²) in [5.74, 6) is -1.29. The van der Waals surface area contributed by atoms with Crippen molar-refractivity contribution in [2.75, 3.05) is 6.54 Å². The zero-order chi connectivity index (χ0) is 15.5. The Morgan fingerprint density at radius 1 is 1.38 bits per heavy atom. The molecule has 21 heavy (non-hydrogen) atoms. The van der Waals surface area contributed by atoms with Crippen molar-refractivity contribution in [1.82, 2.24) is 4.72 Å². The molecule has 0 saturated heterocycles. The van der Waals surface area contributed by atoms with E-state index in [4.69, 9.17) is 5.26 Å². The molecule has 1 fully saturated rings. The zero-order valence-electron chi connectivity index (χ0n) is 11.4. The summed E-state index contributed by atoms with van der Waals surface area (Å²) < 4.78 is 26.5. The normalized spacial score (nSPS) is 16.7. The fourth-order valence-corrected chi connectivity index (χ4v) is 3.59. The van der Waals surface area contributed by atoms with Gasteiger partial charge in [-0.05, 0) is 24.5 Å². The molecule has 7 heteroatoms. The molecular weight excluding hydrogens is 292 g/mol. The van der Waals surface area contributed by atoms with Gasteiger partial charge in [0, 0.05) is 6.54 Å². The van der Waals surface area contributed by atoms with Gasteiger partial charge >= 0.3 is 5.97 Å². The SMILES string of the molecule is N#Cc1ccccc1CS(=O)(=O)NCC1(C(=O)O)CCC1. The largest absolute Gasteiger partial charge is 0.481 e. The molecule has 0 unspecified atom stereocenters. The Morgan fingerprint density at radius 3 is 2.57 bits per heavy atom. The maximum absolute atomic E-state index is 12.1. The van der Waals surface area contributed by atoms with Gasteiger partial charge in [-0.3, -0.25) is 4.79 Å².